The summed E-state index contributed by atoms with van der Waals surface area (Å²) in [7, 11) is 0. The van der Waals surface area contributed by atoms with Crippen molar-refractivity contribution in [3.8, 4) is 11.4 Å². The monoisotopic (exact) mass is 456 g/mol. The fraction of sp³-hybridized carbons (Fsp3) is 0.318. The van der Waals surface area contributed by atoms with Gasteiger partial charge in [0.05, 0.1) is 37.2 Å². The van der Waals surface area contributed by atoms with E-state index < -0.39 is 5.82 Å². The molecule has 1 aromatic carbocycles. The maximum atomic E-state index is 13.6. The first-order valence-electron chi connectivity index (χ1n) is 10.1. The van der Waals surface area contributed by atoms with Crippen molar-refractivity contribution in [3.05, 3.63) is 64.6 Å². The number of hydroxylamine groups is 1. The molecule has 1 saturated heterocycles. The Labute approximate surface area is 190 Å². The highest BCUT2D eigenvalue weighted by atomic mass is 35.5. The number of benzene rings is 1. The van der Waals surface area contributed by atoms with Crippen molar-refractivity contribution in [3.63, 3.8) is 0 Å². The van der Waals surface area contributed by atoms with Crippen LogP contribution in [0.2, 0.25) is 5.02 Å². The van der Waals surface area contributed by atoms with Crippen LogP contribution >= 0.6 is 11.6 Å². The van der Waals surface area contributed by atoms with E-state index in [9.17, 15) is 9.18 Å². The maximum absolute atomic E-state index is 13.6. The highest BCUT2D eigenvalue weighted by Crippen LogP contribution is 2.27. The molecule has 3 aromatic rings. The quantitative estimate of drug-likeness (QED) is 0.595. The predicted molar refractivity (Wildman–Crippen MR) is 118 cm³/mol. The zero-order valence-electron chi connectivity index (χ0n) is 17.9. The second-order valence-electron chi connectivity index (χ2n) is 7.57. The minimum Gasteiger partial charge on any atom is -0.332 e. The fourth-order valence-corrected chi connectivity index (χ4v) is 3.75. The number of aryl methyl sites for hydroxylation is 2. The Kier molecular flexibility index (Phi) is 6.29. The normalized spacial score (nSPS) is 16.7. The van der Waals surface area contributed by atoms with Gasteiger partial charge in [-0.2, -0.15) is 0 Å². The first-order chi connectivity index (χ1) is 15.3. The first kappa shape index (κ1) is 22.0. The van der Waals surface area contributed by atoms with Gasteiger partial charge in [0.25, 0.3) is 5.91 Å². The Bertz CT molecular complexity index is 1120. The average molecular weight is 457 g/mol. The zero-order chi connectivity index (χ0) is 22.8. The molecule has 1 atom stereocenters. The third-order valence-corrected chi connectivity index (χ3v) is 5.32. The highest BCUT2D eigenvalue weighted by molar-refractivity contribution is 6.31. The van der Waals surface area contributed by atoms with Gasteiger partial charge in [-0.25, -0.2) is 29.4 Å². The molecule has 0 spiro atoms. The number of rotatable bonds is 3. The topological polar surface area (TPSA) is 84.3 Å². The van der Waals surface area contributed by atoms with Gasteiger partial charge in [-0.15, -0.1) is 0 Å². The van der Waals surface area contributed by atoms with Gasteiger partial charge < -0.3 is 4.90 Å². The Morgan fingerprint density at radius 2 is 1.91 bits per heavy atom. The van der Waals surface area contributed by atoms with Crippen molar-refractivity contribution in [1.82, 2.24) is 24.8 Å². The van der Waals surface area contributed by atoms with Crippen molar-refractivity contribution < 1.29 is 14.0 Å². The summed E-state index contributed by atoms with van der Waals surface area (Å²) >= 11 is 6.20. The molecular weight excluding hydrogens is 435 g/mol. The lowest BCUT2D eigenvalue weighted by Crippen LogP contribution is -2.41. The molecule has 4 rings (SSSR count). The molecule has 1 aliphatic rings. The van der Waals surface area contributed by atoms with E-state index in [2.05, 4.69) is 19.9 Å². The average Bonchev–Trinajstić information content (AvgIpc) is 2.95. The molecule has 1 fully saturated rings. The third kappa shape index (κ3) is 4.68. The lowest BCUT2D eigenvalue weighted by atomic mass is 10.0. The second kappa shape index (κ2) is 9.13. The predicted octanol–water partition coefficient (Wildman–Crippen LogP) is 3.63. The number of amides is 1. The number of aromatic nitrogens is 4. The van der Waals surface area contributed by atoms with E-state index in [1.165, 1.54) is 0 Å². The number of nitrogens with zero attached hydrogens (tertiary/aromatic N) is 6. The summed E-state index contributed by atoms with van der Waals surface area (Å²) in [6, 6.07) is 6.53. The summed E-state index contributed by atoms with van der Waals surface area (Å²) in [5.41, 5.74) is 1.66. The Hall–Kier alpha value is -3.17. The number of hydrogen-bond acceptors (Lipinski definition) is 7. The molecule has 8 nitrogen and oxygen atoms in total. The van der Waals surface area contributed by atoms with Crippen LogP contribution in [-0.2, 0) is 4.84 Å². The van der Waals surface area contributed by atoms with Crippen LogP contribution in [-0.4, -0.2) is 56.5 Å². The maximum Gasteiger partial charge on any atom is 0.255 e. The number of hydrogen-bond donors (Lipinski definition) is 0. The van der Waals surface area contributed by atoms with Crippen LogP contribution < -0.4 is 5.06 Å². The molecule has 3 heterocycles. The van der Waals surface area contributed by atoms with Crippen LogP contribution in [0.25, 0.3) is 11.4 Å². The second-order valence-corrected chi connectivity index (χ2v) is 8.01. The van der Waals surface area contributed by atoms with E-state index in [1.54, 1.807) is 28.2 Å². The minimum atomic E-state index is -0.552. The van der Waals surface area contributed by atoms with Gasteiger partial charge in [0.2, 0.25) is 0 Å². The van der Waals surface area contributed by atoms with Gasteiger partial charge in [0.1, 0.15) is 5.82 Å². The molecule has 32 heavy (non-hydrogen) atoms. The van der Waals surface area contributed by atoms with Crippen LogP contribution in [0.1, 0.15) is 28.8 Å². The molecule has 0 unspecified atom stereocenters. The molecule has 0 radical (unpaired) electrons. The first-order valence-corrected chi connectivity index (χ1v) is 10.5. The Morgan fingerprint density at radius 3 is 2.62 bits per heavy atom. The molecule has 2 aromatic heterocycles. The summed E-state index contributed by atoms with van der Waals surface area (Å²) in [5.74, 6) is 0.766. The molecule has 10 heteroatoms. The Balaban J connectivity index is 1.62. The van der Waals surface area contributed by atoms with E-state index >= 15 is 0 Å². The van der Waals surface area contributed by atoms with Crippen LogP contribution in [0.5, 0.6) is 0 Å². The van der Waals surface area contributed by atoms with Gasteiger partial charge in [-0.1, -0.05) is 11.6 Å². The largest absolute Gasteiger partial charge is 0.332 e. The Morgan fingerprint density at radius 1 is 1.16 bits per heavy atom. The van der Waals surface area contributed by atoms with Crippen LogP contribution in [0.4, 0.5) is 10.2 Å². The van der Waals surface area contributed by atoms with E-state index in [1.807, 2.05) is 26.8 Å². The summed E-state index contributed by atoms with van der Waals surface area (Å²) in [6.45, 7) is 6.75. The zero-order valence-corrected chi connectivity index (χ0v) is 18.7. The van der Waals surface area contributed by atoms with E-state index in [0.717, 1.165) is 18.1 Å². The summed E-state index contributed by atoms with van der Waals surface area (Å²) in [6.07, 6.45) is 2.13. The third-order valence-electron chi connectivity index (χ3n) is 5.09. The van der Waals surface area contributed by atoms with Crippen molar-refractivity contribution in [2.45, 2.75) is 26.8 Å². The van der Waals surface area contributed by atoms with Crippen LogP contribution in [0.15, 0.2) is 36.7 Å². The summed E-state index contributed by atoms with van der Waals surface area (Å²) in [5, 5.41) is 2.10. The van der Waals surface area contributed by atoms with Gasteiger partial charge in [0.15, 0.2) is 17.5 Å². The lowest BCUT2D eigenvalue weighted by molar-refractivity contribution is 0.0600. The van der Waals surface area contributed by atoms with Crippen molar-refractivity contribution >= 4 is 23.3 Å². The number of anilines is 1. The molecule has 166 valence electrons. The van der Waals surface area contributed by atoms with Crippen molar-refractivity contribution in [2.75, 3.05) is 24.8 Å². The summed E-state index contributed by atoms with van der Waals surface area (Å²) in [4.78, 5) is 38.0. The molecule has 1 amide bonds. The minimum absolute atomic E-state index is 0.211. The molecule has 1 aliphatic heterocycles. The van der Waals surface area contributed by atoms with Crippen LogP contribution in [0.3, 0.4) is 0 Å². The lowest BCUT2D eigenvalue weighted by Gasteiger charge is -2.26. The fourth-order valence-electron chi connectivity index (χ4n) is 3.57. The van der Waals surface area contributed by atoms with Crippen LogP contribution in [0, 0.1) is 19.7 Å². The number of carbonyl (C=O) groups is 1. The number of halogens is 2. The number of carbonyl (C=O) groups excluding carboxylic acids is 1. The molecule has 0 bridgehead atoms. The van der Waals surface area contributed by atoms with Crippen molar-refractivity contribution in [2.24, 2.45) is 0 Å². The highest BCUT2D eigenvalue weighted by Gasteiger charge is 2.29. The molecular formula is C22H22ClFN6O2. The standard InChI is InChI=1S/C22H22ClFN6O2/c1-13-8-20(28-15(3)27-13)30-7-6-29(14(2)12-32-30)22(31)19-9-16(23)4-5-18(19)21-25-10-17(24)11-26-21/h4-5,8-11,14H,6-7,12H2,1-3H3/t14-/m1/s1. The summed E-state index contributed by atoms with van der Waals surface area (Å²) < 4.78 is 13.3. The molecule has 0 saturated carbocycles. The SMILES string of the molecule is Cc1cc(N2CCN(C(=O)c3cc(Cl)ccc3-c3ncc(F)cn3)[C@H](C)CO2)nc(C)n1. The molecule has 0 aliphatic carbocycles. The van der Waals surface area contributed by atoms with Gasteiger partial charge in [-0.05, 0) is 39.0 Å². The van der Waals surface area contributed by atoms with Gasteiger partial charge >= 0.3 is 0 Å². The van der Waals surface area contributed by atoms with E-state index in [0.29, 0.717) is 40.9 Å². The van der Waals surface area contributed by atoms with Gasteiger partial charge in [-0.3, -0.25) is 9.63 Å². The van der Waals surface area contributed by atoms with Crippen molar-refractivity contribution in [1.29, 1.82) is 0 Å². The van der Waals surface area contributed by atoms with Gasteiger partial charge in [0, 0.05) is 28.9 Å². The van der Waals surface area contributed by atoms with E-state index in [4.69, 9.17) is 16.4 Å². The smallest absolute Gasteiger partial charge is 0.255 e. The van der Waals surface area contributed by atoms with E-state index in [-0.39, 0.29) is 24.4 Å². The molecule has 0 N–H and O–H groups in total.